The zero-order valence-corrected chi connectivity index (χ0v) is 19.3. The maximum absolute atomic E-state index is 15.0. The number of aliphatic carboxylic acids is 1. The highest BCUT2D eigenvalue weighted by Crippen LogP contribution is 2.56. The Morgan fingerprint density at radius 2 is 1.97 bits per heavy atom. The predicted molar refractivity (Wildman–Crippen MR) is 127 cm³/mol. The van der Waals surface area contributed by atoms with Crippen LogP contribution in [0.25, 0.3) is 22.3 Å². The number of carboxylic acids is 1. The van der Waals surface area contributed by atoms with E-state index in [-0.39, 0.29) is 17.2 Å². The van der Waals surface area contributed by atoms with Crippen LogP contribution in [0.4, 0.5) is 4.39 Å². The average molecular weight is 482 g/mol. The van der Waals surface area contributed by atoms with E-state index in [4.69, 9.17) is 21.1 Å². The fourth-order valence-corrected chi connectivity index (χ4v) is 6.13. The maximum atomic E-state index is 15.0. The van der Waals surface area contributed by atoms with E-state index in [1.807, 2.05) is 29.2 Å². The van der Waals surface area contributed by atoms with Crippen molar-refractivity contribution < 1.29 is 18.7 Å². The third kappa shape index (κ3) is 3.66. The number of likely N-dealkylation sites (tertiary alicyclic amines) is 1. The molecule has 1 aliphatic heterocycles. The van der Waals surface area contributed by atoms with Gasteiger partial charge in [-0.05, 0) is 66.4 Å². The second kappa shape index (κ2) is 7.69. The van der Waals surface area contributed by atoms with Gasteiger partial charge in [0.15, 0.2) is 0 Å². The normalized spacial score (nSPS) is 17.9. The third-order valence-corrected chi connectivity index (χ3v) is 8.31. The minimum Gasteiger partial charge on any atom is -0.481 e. The molecule has 2 aromatic heterocycles. The van der Waals surface area contributed by atoms with E-state index in [1.54, 1.807) is 17.4 Å². The number of hydrogen-bond acceptors (Lipinski definition) is 4. The van der Waals surface area contributed by atoms with E-state index in [1.165, 1.54) is 16.5 Å². The highest BCUT2D eigenvalue weighted by atomic mass is 35.5. The Labute approximate surface area is 199 Å². The zero-order valence-electron chi connectivity index (χ0n) is 17.7. The van der Waals surface area contributed by atoms with Gasteiger partial charge in [-0.25, -0.2) is 4.39 Å². The Morgan fingerprint density at radius 1 is 1.15 bits per heavy atom. The standard InChI is InChI=1S/C26H21ClFNO3S/c27-24-6-5-23(33-24)26(7-8-26)18-2-4-21-16(10-18)11-22(32-21)19-3-1-15(9-20(19)28)12-29-13-17(14-29)25(30)31/h1-6,9-11,17H,7-8,12-14H2,(H,30,31). The number of fused-ring (bicyclic) bond motifs is 1. The Hall–Kier alpha value is -2.67. The van der Waals surface area contributed by atoms with E-state index in [0.29, 0.717) is 31.0 Å². The lowest BCUT2D eigenvalue weighted by Gasteiger charge is -2.36. The molecule has 0 amide bonds. The number of carboxylic acid groups (broad SMARTS) is 1. The number of carbonyl (C=O) groups is 1. The first kappa shape index (κ1) is 20.9. The van der Waals surface area contributed by atoms with Gasteiger partial charge in [0.1, 0.15) is 17.2 Å². The Bertz CT molecular complexity index is 1380. The first-order valence-corrected chi connectivity index (χ1v) is 12.1. The van der Waals surface area contributed by atoms with Crippen molar-refractivity contribution >= 4 is 39.9 Å². The minimum atomic E-state index is -0.771. The molecule has 4 aromatic rings. The zero-order chi connectivity index (χ0) is 22.7. The molecular formula is C26H21ClFNO3S. The summed E-state index contributed by atoms with van der Waals surface area (Å²) in [6.45, 7) is 1.55. The van der Waals surface area contributed by atoms with Gasteiger partial charge >= 0.3 is 5.97 Å². The second-order valence-electron chi connectivity index (χ2n) is 9.09. The Kier molecular flexibility index (Phi) is 4.87. The number of benzene rings is 2. The summed E-state index contributed by atoms with van der Waals surface area (Å²) >= 11 is 7.81. The summed E-state index contributed by atoms with van der Waals surface area (Å²) in [5.74, 6) is -0.923. The summed E-state index contributed by atoms with van der Waals surface area (Å²) in [7, 11) is 0. The highest BCUT2D eigenvalue weighted by Gasteiger charge is 2.47. The van der Waals surface area contributed by atoms with Crippen molar-refractivity contribution in [3.63, 3.8) is 0 Å². The first-order chi connectivity index (χ1) is 15.9. The lowest BCUT2D eigenvalue weighted by Crippen LogP contribution is -2.49. The van der Waals surface area contributed by atoms with Gasteiger partial charge in [-0.15, -0.1) is 11.3 Å². The molecule has 2 fully saturated rings. The highest BCUT2D eigenvalue weighted by molar-refractivity contribution is 7.16. The van der Waals surface area contributed by atoms with Gasteiger partial charge in [0.2, 0.25) is 0 Å². The topological polar surface area (TPSA) is 53.7 Å². The SMILES string of the molecule is O=C(O)C1CN(Cc2ccc(-c3cc4cc(C5(c6ccc(Cl)s6)CC5)ccc4o3)c(F)c2)C1. The third-order valence-electron chi connectivity index (χ3n) is 6.88. The molecule has 0 atom stereocenters. The van der Waals surface area contributed by atoms with E-state index in [9.17, 15) is 9.18 Å². The van der Waals surface area contributed by atoms with Gasteiger partial charge < -0.3 is 9.52 Å². The van der Waals surface area contributed by atoms with Crippen LogP contribution < -0.4 is 0 Å². The number of thiophene rings is 1. The summed E-state index contributed by atoms with van der Waals surface area (Å²) < 4.78 is 21.8. The quantitative estimate of drug-likeness (QED) is 0.339. The van der Waals surface area contributed by atoms with Crippen molar-refractivity contribution in [2.24, 2.45) is 5.92 Å². The molecular weight excluding hydrogens is 461 g/mol. The van der Waals surface area contributed by atoms with E-state index >= 15 is 0 Å². The molecule has 2 aliphatic rings. The van der Waals surface area contributed by atoms with Gasteiger partial charge in [-0.2, -0.15) is 0 Å². The van der Waals surface area contributed by atoms with Gasteiger partial charge in [-0.3, -0.25) is 9.69 Å². The van der Waals surface area contributed by atoms with Crippen molar-refractivity contribution in [1.82, 2.24) is 4.90 Å². The molecule has 33 heavy (non-hydrogen) atoms. The molecule has 4 nitrogen and oxygen atoms in total. The molecule has 1 aliphatic carbocycles. The molecule has 3 heterocycles. The molecule has 168 valence electrons. The maximum Gasteiger partial charge on any atom is 0.309 e. The summed E-state index contributed by atoms with van der Waals surface area (Å²) in [5, 5.41) is 9.96. The van der Waals surface area contributed by atoms with Crippen molar-refractivity contribution in [3.8, 4) is 11.3 Å². The summed E-state index contributed by atoms with van der Waals surface area (Å²) in [6, 6.07) is 17.3. The number of nitrogens with zero attached hydrogens (tertiary/aromatic N) is 1. The minimum absolute atomic E-state index is 0.0346. The lowest BCUT2D eigenvalue weighted by molar-refractivity contribution is -0.147. The predicted octanol–water partition coefficient (Wildman–Crippen LogP) is 6.55. The van der Waals surface area contributed by atoms with Crippen LogP contribution in [0.1, 0.15) is 28.8 Å². The monoisotopic (exact) mass is 481 g/mol. The first-order valence-electron chi connectivity index (χ1n) is 11.0. The van der Waals surface area contributed by atoms with Crippen molar-refractivity contribution in [3.05, 3.63) is 80.8 Å². The Balaban J connectivity index is 1.25. The molecule has 2 aromatic carbocycles. The Morgan fingerprint density at radius 3 is 2.64 bits per heavy atom. The molecule has 1 N–H and O–H groups in total. The summed E-state index contributed by atoms with van der Waals surface area (Å²) in [5.41, 5.74) is 3.26. The number of hydrogen-bond donors (Lipinski definition) is 1. The van der Waals surface area contributed by atoms with Crippen LogP contribution in [0.2, 0.25) is 4.34 Å². The fourth-order valence-electron chi connectivity index (χ4n) is 4.82. The van der Waals surface area contributed by atoms with Gasteiger partial charge in [0, 0.05) is 35.3 Å². The molecule has 1 saturated heterocycles. The van der Waals surface area contributed by atoms with Crippen LogP contribution in [0, 0.1) is 11.7 Å². The molecule has 6 rings (SSSR count). The summed E-state index contributed by atoms with van der Waals surface area (Å²) in [4.78, 5) is 14.3. The van der Waals surface area contributed by atoms with Crippen molar-refractivity contribution in [2.75, 3.05) is 13.1 Å². The lowest BCUT2D eigenvalue weighted by atomic mass is 9.93. The largest absolute Gasteiger partial charge is 0.481 e. The van der Waals surface area contributed by atoms with Crippen LogP contribution in [-0.2, 0) is 16.8 Å². The molecule has 0 spiro atoms. The molecule has 0 bridgehead atoms. The average Bonchev–Trinajstić information content (AvgIpc) is 3.26. The molecule has 7 heteroatoms. The van der Waals surface area contributed by atoms with Crippen molar-refractivity contribution in [1.29, 1.82) is 0 Å². The van der Waals surface area contributed by atoms with Crippen LogP contribution in [0.3, 0.4) is 0 Å². The van der Waals surface area contributed by atoms with Crippen molar-refractivity contribution in [2.45, 2.75) is 24.8 Å². The van der Waals surface area contributed by atoms with E-state index in [0.717, 1.165) is 33.7 Å². The molecule has 0 unspecified atom stereocenters. The van der Waals surface area contributed by atoms with E-state index < -0.39 is 5.97 Å². The smallest absolute Gasteiger partial charge is 0.309 e. The van der Waals surface area contributed by atoms with Crippen LogP contribution in [-0.4, -0.2) is 29.1 Å². The van der Waals surface area contributed by atoms with E-state index in [2.05, 4.69) is 18.2 Å². The summed E-state index contributed by atoms with van der Waals surface area (Å²) in [6.07, 6.45) is 2.20. The number of halogens is 2. The molecule has 0 radical (unpaired) electrons. The second-order valence-corrected chi connectivity index (χ2v) is 10.8. The van der Waals surface area contributed by atoms with Gasteiger partial charge in [0.25, 0.3) is 0 Å². The van der Waals surface area contributed by atoms with Gasteiger partial charge in [-0.1, -0.05) is 23.7 Å². The van der Waals surface area contributed by atoms with Crippen LogP contribution in [0.5, 0.6) is 0 Å². The fraction of sp³-hybridized carbons (Fsp3) is 0.269. The molecule has 1 saturated carbocycles. The van der Waals surface area contributed by atoms with Gasteiger partial charge in [0.05, 0.1) is 15.8 Å². The number of rotatable bonds is 6. The number of furan rings is 1. The van der Waals surface area contributed by atoms with Crippen LogP contribution in [0.15, 0.2) is 59.0 Å². The van der Waals surface area contributed by atoms with Crippen LogP contribution >= 0.6 is 22.9 Å².